The molecule has 2 aromatic heterocycles. The number of piperazine rings is 1. The van der Waals surface area contributed by atoms with Crippen LogP contribution in [-0.2, 0) is 6.42 Å². The van der Waals surface area contributed by atoms with Crippen molar-refractivity contribution < 1.29 is 4.39 Å². The molecule has 6 nitrogen and oxygen atoms in total. The molecule has 144 valence electrons. The van der Waals surface area contributed by atoms with E-state index in [9.17, 15) is 4.39 Å². The average Bonchev–Trinajstić information content (AvgIpc) is 2.74. The van der Waals surface area contributed by atoms with Crippen LogP contribution in [0.15, 0.2) is 49.1 Å². The van der Waals surface area contributed by atoms with Gasteiger partial charge in [0.05, 0.1) is 0 Å². The van der Waals surface area contributed by atoms with Gasteiger partial charge < -0.3 is 9.80 Å². The van der Waals surface area contributed by atoms with E-state index in [2.05, 4.69) is 43.6 Å². The van der Waals surface area contributed by atoms with Crippen molar-refractivity contribution >= 4 is 11.9 Å². The maximum Gasteiger partial charge on any atom is 0.225 e. The van der Waals surface area contributed by atoms with E-state index in [1.54, 1.807) is 18.5 Å². The van der Waals surface area contributed by atoms with Gasteiger partial charge in [-0.1, -0.05) is 19.1 Å². The van der Waals surface area contributed by atoms with Crippen LogP contribution in [0.4, 0.5) is 16.3 Å². The number of aryl methyl sites for hydroxylation is 1. The molecule has 0 saturated carbocycles. The van der Waals surface area contributed by atoms with Gasteiger partial charge >= 0.3 is 0 Å². The topological polar surface area (TPSA) is 58.0 Å². The Balaban J connectivity index is 1.45. The zero-order valence-corrected chi connectivity index (χ0v) is 16.1. The Kier molecular flexibility index (Phi) is 5.14. The quantitative estimate of drug-likeness (QED) is 0.694. The van der Waals surface area contributed by atoms with Crippen LogP contribution in [0.5, 0.6) is 0 Å². The van der Waals surface area contributed by atoms with Gasteiger partial charge in [0.15, 0.2) is 0 Å². The summed E-state index contributed by atoms with van der Waals surface area (Å²) in [5.74, 6) is 1.20. The van der Waals surface area contributed by atoms with Crippen LogP contribution in [0.25, 0.3) is 11.1 Å². The number of halogens is 1. The van der Waals surface area contributed by atoms with Crippen molar-refractivity contribution in [1.29, 1.82) is 0 Å². The average molecular weight is 378 g/mol. The molecule has 4 rings (SSSR count). The lowest BCUT2D eigenvalue weighted by Gasteiger charge is -2.39. The van der Waals surface area contributed by atoms with Crippen LogP contribution in [0.2, 0.25) is 0 Å². The van der Waals surface area contributed by atoms with Crippen molar-refractivity contribution in [3.8, 4) is 11.1 Å². The molecular formula is C21H23FN6. The van der Waals surface area contributed by atoms with Crippen molar-refractivity contribution in [1.82, 2.24) is 19.9 Å². The Bertz CT molecular complexity index is 928. The molecular weight excluding hydrogens is 355 g/mol. The first-order valence-electron chi connectivity index (χ1n) is 9.54. The number of benzene rings is 1. The smallest absolute Gasteiger partial charge is 0.225 e. The lowest BCUT2D eigenvalue weighted by atomic mass is 10.1. The molecule has 0 radical (unpaired) electrons. The fraction of sp³-hybridized carbons (Fsp3) is 0.333. The zero-order chi connectivity index (χ0) is 19.5. The second-order valence-corrected chi connectivity index (χ2v) is 7.02. The van der Waals surface area contributed by atoms with Crippen molar-refractivity contribution in [3.05, 3.63) is 60.4 Å². The molecule has 1 aliphatic rings. The van der Waals surface area contributed by atoms with Gasteiger partial charge in [0.25, 0.3) is 0 Å². The summed E-state index contributed by atoms with van der Waals surface area (Å²) in [7, 11) is 0. The third-order valence-corrected chi connectivity index (χ3v) is 5.06. The summed E-state index contributed by atoms with van der Waals surface area (Å²) in [4.78, 5) is 22.4. The number of hydrogen-bond donors (Lipinski definition) is 0. The minimum atomic E-state index is -0.263. The van der Waals surface area contributed by atoms with Crippen LogP contribution in [0, 0.1) is 5.82 Å². The molecule has 0 bridgehead atoms. The van der Waals surface area contributed by atoms with E-state index in [4.69, 9.17) is 0 Å². The van der Waals surface area contributed by atoms with Gasteiger partial charge in [-0.15, -0.1) is 0 Å². The van der Waals surface area contributed by atoms with Gasteiger partial charge in [-0.05, 0) is 36.6 Å². The Morgan fingerprint density at radius 1 is 0.964 bits per heavy atom. The molecule has 1 saturated heterocycles. The van der Waals surface area contributed by atoms with Crippen molar-refractivity contribution in [2.75, 3.05) is 29.4 Å². The Labute approximate surface area is 164 Å². The third kappa shape index (κ3) is 3.78. The van der Waals surface area contributed by atoms with Crippen LogP contribution in [-0.4, -0.2) is 45.6 Å². The number of rotatable bonds is 4. The van der Waals surface area contributed by atoms with Gasteiger partial charge in [0.1, 0.15) is 5.82 Å². The highest BCUT2D eigenvalue weighted by Gasteiger charge is 2.26. The fourth-order valence-electron chi connectivity index (χ4n) is 3.42. The van der Waals surface area contributed by atoms with Gasteiger partial charge in [0, 0.05) is 56.0 Å². The van der Waals surface area contributed by atoms with Crippen molar-refractivity contribution in [3.63, 3.8) is 0 Å². The number of hydrogen-bond acceptors (Lipinski definition) is 6. The molecule has 0 spiro atoms. The highest BCUT2D eigenvalue weighted by molar-refractivity contribution is 5.62. The lowest BCUT2D eigenvalue weighted by Crippen LogP contribution is -2.53. The third-order valence-electron chi connectivity index (χ3n) is 5.06. The fourth-order valence-corrected chi connectivity index (χ4v) is 3.42. The molecule has 3 aromatic rings. The van der Waals surface area contributed by atoms with E-state index in [0.717, 1.165) is 48.7 Å². The molecule has 3 heterocycles. The second-order valence-electron chi connectivity index (χ2n) is 7.02. The summed E-state index contributed by atoms with van der Waals surface area (Å²) in [5, 5.41) is 0. The highest BCUT2D eigenvalue weighted by atomic mass is 19.1. The monoisotopic (exact) mass is 378 g/mol. The summed E-state index contributed by atoms with van der Waals surface area (Å²) in [6.07, 6.45) is 8.24. The zero-order valence-electron chi connectivity index (χ0n) is 16.1. The highest BCUT2D eigenvalue weighted by Crippen LogP contribution is 2.22. The maximum absolute atomic E-state index is 13.4. The first-order chi connectivity index (χ1) is 13.6. The minimum absolute atomic E-state index is 0.225. The Hall–Kier alpha value is -3.09. The van der Waals surface area contributed by atoms with E-state index in [1.165, 1.54) is 12.1 Å². The Morgan fingerprint density at radius 2 is 1.68 bits per heavy atom. The van der Waals surface area contributed by atoms with Crippen LogP contribution in [0.1, 0.15) is 19.4 Å². The molecule has 0 N–H and O–H groups in total. The normalized spacial score (nSPS) is 17.0. The van der Waals surface area contributed by atoms with Gasteiger partial charge in [-0.3, -0.25) is 0 Å². The van der Waals surface area contributed by atoms with Gasteiger partial charge in [-0.25, -0.2) is 24.3 Å². The van der Waals surface area contributed by atoms with Crippen LogP contribution in [0.3, 0.4) is 0 Å². The van der Waals surface area contributed by atoms with E-state index >= 15 is 0 Å². The van der Waals surface area contributed by atoms with Gasteiger partial charge in [-0.2, -0.15) is 0 Å². The van der Waals surface area contributed by atoms with Gasteiger partial charge in [0.2, 0.25) is 11.9 Å². The summed E-state index contributed by atoms with van der Waals surface area (Å²) < 4.78 is 13.4. The molecule has 1 aliphatic heterocycles. The standard InChI is InChI=1S/C21H23FN6/c1-3-16-10-23-20(24-11-16)27-7-8-28(15(2)14-27)21-25-12-18(13-26-21)17-5-4-6-19(22)9-17/h4-6,9-13,15H,3,7-8,14H2,1-2H3. The predicted molar refractivity (Wildman–Crippen MR) is 108 cm³/mol. The van der Waals surface area contributed by atoms with Crippen LogP contribution >= 0.6 is 0 Å². The molecule has 1 atom stereocenters. The number of anilines is 2. The predicted octanol–water partition coefficient (Wildman–Crippen LogP) is 3.35. The summed E-state index contributed by atoms with van der Waals surface area (Å²) in [6.45, 7) is 6.65. The molecule has 1 fully saturated rings. The molecule has 0 aliphatic carbocycles. The number of aromatic nitrogens is 4. The summed E-state index contributed by atoms with van der Waals surface area (Å²) in [5.41, 5.74) is 2.72. The molecule has 1 aromatic carbocycles. The maximum atomic E-state index is 13.4. The van der Waals surface area contributed by atoms with E-state index in [-0.39, 0.29) is 11.9 Å². The minimum Gasteiger partial charge on any atom is -0.337 e. The molecule has 28 heavy (non-hydrogen) atoms. The summed E-state index contributed by atoms with van der Waals surface area (Å²) in [6, 6.07) is 6.69. The van der Waals surface area contributed by atoms with E-state index in [1.807, 2.05) is 18.5 Å². The van der Waals surface area contributed by atoms with E-state index < -0.39 is 0 Å². The van der Waals surface area contributed by atoms with Crippen LogP contribution < -0.4 is 9.80 Å². The molecule has 1 unspecified atom stereocenters. The Morgan fingerprint density at radius 3 is 2.32 bits per heavy atom. The second kappa shape index (κ2) is 7.88. The largest absolute Gasteiger partial charge is 0.337 e. The summed E-state index contributed by atoms with van der Waals surface area (Å²) >= 11 is 0. The first-order valence-corrected chi connectivity index (χ1v) is 9.54. The van der Waals surface area contributed by atoms with E-state index in [0.29, 0.717) is 5.95 Å². The van der Waals surface area contributed by atoms with Crippen molar-refractivity contribution in [2.24, 2.45) is 0 Å². The number of nitrogens with zero attached hydrogens (tertiary/aromatic N) is 6. The lowest BCUT2D eigenvalue weighted by molar-refractivity contribution is 0.533. The SMILES string of the molecule is CCc1cnc(N2CCN(c3ncc(-c4cccc(F)c4)cn3)C(C)C2)nc1. The molecule has 7 heteroatoms. The van der Waals surface area contributed by atoms with Crippen molar-refractivity contribution in [2.45, 2.75) is 26.3 Å². The first kappa shape index (κ1) is 18.3. The molecule has 0 amide bonds.